The Morgan fingerprint density at radius 1 is 1.45 bits per heavy atom. The van der Waals surface area contributed by atoms with Gasteiger partial charge in [-0.15, -0.1) is 0 Å². The number of aromatic amines is 1. The standard InChI is InChI=1S/C16H22N4O2/c1-11-7-14(12-5-4-6-13(8-12)22-3)20(9-11)10-15-17-16(21)19(2)18-15/h4-6,8,11,14H,7,9-10H2,1-3H3,(H,17,18,21). The Morgan fingerprint density at radius 3 is 2.95 bits per heavy atom. The maximum absolute atomic E-state index is 11.5. The van der Waals surface area contributed by atoms with E-state index in [0.717, 1.165) is 24.5 Å². The normalized spacial score (nSPS) is 22.1. The molecule has 1 aromatic heterocycles. The van der Waals surface area contributed by atoms with Crippen molar-refractivity contribution in [3.63, 3.8) is 0 Å². The van der Waals surface area contributed by atoms with Crippen molar-refractivity contribution in [3.8, 4) is 5.75 Å². The Kier molecular flexibility index (Phi) is 4.02. The molecule has 2 heterocycles. The number of rotatable bonds is 4. The highest BCUT2D eigenvalue weighted by Crippen LogP contribution is 2.36. The van der Waals surface area contributed by atoms with Gasteiger partial charge >= 0.3 is 5.69 Å². The second-order valence-electron chi connectivity index (χ2n) is 6.06. The van der Waals surface area contributed by atoms with E-state index in [-0.39, 0.29) is 5.69 Å². The van der Waals surface area contributed by atoms with Gasteiger partial charge in [-0.3, -0.25) is 9.88 Å². The van der Waals surface area contributed by atoms with E-state index in [0.29, 0.717) is 18.5 Å². The summed E-state index contributed by atoms with van der Waals surface area (Å²) in [5, 5.41) is 4.24. The van der Waals surface area contributed by atoms with Gasteiger partial charge in [-0.05, 0) is 30.0 Å². The zero-order valence-corrected chi connectivity index (χ0v) is 13.2. The minimum Gasteiger partial charge on any atom is -0.497 e. The fourth-order valence-electron chi connectivity index (χ4n) is 3.22. The number of aryl methyl sites for hydroxylation is 1. The molecule has 1 fully saturated rings. The summed E-state index contributed by atoms with van der Waals surface area (Å²) in [6, 6.07) is 8.55. The van der Waals surface area contributed by atoms with Crippen LogP contribution in [0.5, 0.6) is 5.75 Å². The smallest absolute Gasteiger partial charge is 0.343 e. The first-order chi connectivity index (χ1) is 10.6. The van der Waals surface area contributed by atoms with Crippen molar-refractivity contribution in [2.24, 2.45) is 13.0 Å². The zero-order chi connectivity index (χ0) is 15.7. The Balaban J connectivity index is 1.83. The fourth-order valence-corrected chi connectivity index (χ4v) is 3.22. The quantitative estimate of drug-likeness (QED) is 0.934. The maximum atomic E-state index is 11.5. The summed E-state index contributed by atoms with van der Waals surface area (Å²) in [6.45, 7) is 3.91. The number of likely N-dealkylation sites (tertiary alicyclic amines) is 1. The van der Waals surface area contributed by atoms with E-state index in [2.05, 4.69) is 34.0 Å². The number of methoxy groups -OCH3 is 1. The second-order valence-corrected chi connectivity index (χ2v) is 6.06. The average Bonchev–Trinajstić information content (AvgIpc) is 3.02. The molecule has 22 heavy (non-hydrogen) atoms. The van der Waals surface area contributed by atoms with E-state index in [1.54, 1.807) is 14.2 Å². The highest BCUT2D eigenvalue weighted by molar-refractivity contribution is 5.31. The molecule has 0 amide bonds. The summed E-state index contributed by atoms with van der Waals surface area (Å²) in [5.41, 5.74) is 1.09. The monoisotopic (exact) mass is 302 g/mol. The third kappa shape index (κ3) is 2.92. The molecule has 2 atom stereocenters. The van der Waals surface area contributed by atoms with Gasteiger partial charge in [0.05, 0.1) is 13.7 Å². The van der Waals surface area contributed by atoms with Crippen molar-refractivity contribution in [2.45, 2.75) is 25.9 Å². The lowest BCUT2D eigenvalue weighted by Crippen LogP contribution is -2.24. The third-order valence-electron chi connectivity index (χ3n) is 4.26. The summed E-state index contributed by atoms with van der Waals surface area (Å²) >= 11 is 0. The predicted octanol–water partition coefficient (Wildman–Crippen LogP) is 1.70. The molecule has 1 aliphatic heterocycles. The Morgan fingerprint density at radius 2 is 2.27 bits per heavy atom. The van der Waals surface area contributed by atoms with Crippen LogP contribution in [0.1, 0.15) is 30.8 Å². The summed E-state index contributed by atoms with van der Waals surface area (Å²) in [7, 11) is 3.35. The topological polar surface area (TPSA) is 63.1 Å². The molecule has 6 nitrogen and oxygen atoms in total. The molecule has 1 aromatic carbocycles. The molecular formula is C16H22N4O2. The van der Waals surface area contributed by atoms with Crippen LogP contribution in [0.25, 0.3) is 0 Å². The van der Waals surface area contributed by atoms with Gasteiger partial charge in [-0.25, -0.2) is 9.48 Å². The van der Waals surface area contributed by atoms with E-state index >= 15 is 0 Å². The molecule has 3 rings (SSSR count). The molecule has 1 saturated heterocycles. The van der Waals surface area contributed by atoms with Crippen molar-refractivity contribution < 1.29 is 4.74 Å². The highest BCUT2D eigenvalue weighted by atomic mass is 16.5. The van der Waals surface area contributed by atoms with Crippen LogP contribution < -0.4 is 10.4 Å². The van der Waals surface area contributed by atoms with Gasteiger partial charge in [0.2, 0.25) is 0 Å². The van der Waals surface area contributed by atoms with Crippen LogP contribution in [0.3, 0.4) is 0 Å². The van der Waals surface area contributed by atoms with Gasteiger partial charge < -0.3 is 4.74 Å². The lowest BCUT2D eigenvalue weighted by Gasteiger charge is -2.23. The molecule has 0 radical (unpaired) electrons. The fraction of sp³-hybridized carbons (Fsp3) is 0.500. The van der Waals surface area contributed by atoms with Crippen LogP contribution >= 0.6 is 0 Å². The van der Waals surface area contributed by atoms with Gasteiger partial charge in [0, 0.05) is 19.6 Å². The third-order valence-corrected chi connectivity index (χ3v) is 4.26. The summed E-state index contributed by atoms with van der Waals surface area (Å²) in [4.78, 5) is 16.7. The van der Waals surface area contributed by atoms with E-state index in [9.17, 15) is 4.79 Å². The van der Waals surface area contributed by atoms with E-state index in [4.69, 9.17) is 4.74 Å². The number of hydrogen-bond acceptors (Lipinski definition) is 4. The Hall–Kier alpha value is -2.08. The minimum atomic E-state index is -0.167. The lowest BCUT2D eigenvalue weighted by molar-refractivity contribution is 0.238. The van der Waals surface area contributed by atoms with Gasteiger partial charge in [0.25, 0.3) is 0 Å². The predicted molar refractivity (Wildman–Crippen MR) is 83.8 cm³/mol. The molecule has 0 spiro atoms. The maximum Gasteiger partial charge on any atom is 0.343 e. The molecule has 0 bridgehead atoms. The first kappa shape index (κ1) is 14.8. The van der Waals surface area contributed by atoms with E-state index in [1.807, 2.05) is 12.1 Å². The van der Waals surface area contributed by atoms with Crippen LogP contribution in [0.4, 0.5) is 0 Å². The van der Waals surface area contributed by atoms with E-state index < -0.39 is 0 Å². The van der Waals surface area contributed by atoms with E-state index in [1.165, 1.54) is 10.2 Å². The Bertz CT molecular complexity index is 706. The van der Waals surface area contributed by atoms with Crippen LogP contribution in [-0.2, 0) is 13.6 Å². The molecular weight excluding hydrogens is 280 g/mol. The lowest BCUT2D eigenvalue weighted by atomic mass is 10.0. The molecule has 118 valence electrons. The highest BCUT2D eigenvalue weighted by Gasteiger charge is 2.31. The SMILES string of the molecule is COc1cccc(C2CC(C)CN2Cc2nn(C)c(=O)[nH]2)c1. The number of hydrogen-bond donors (Lipinski definition) is 1. The van der Waals surface area contributed by atoms with Crippen LogP contribution in [0.2, 0.25) is 0 Å². The molecule has 0 aliphatic carbocycles. The van der Waals surface area contributed by atoms with Gasteiger partial charge in [-0.2, -0.15) is 5.10 Å². The number of aromatic nitrogens is 3. The van der Waals surface area contributed by atoms with Crippen molar-refractivity contribution in [1.29, 1.82) is 0 Å². The van der Waals surface area contributed by atoms with Gasteiger partial charge in [0.15, 0.2) is 0 Å². The summed E-state index contributed by atoms with van der Waals surface area (Å²) < 4.78 is 6.67. The van der Waals surface area contributed by atoms with Crippen LogP contribution in [0.15, 0.2) is 29.1 Å². The number of H-pyrrole nitrogens is 1. The molecule has 0 saturated carbocycles. The molecule has 1 N–H and O–H groups in total. The van der Waals surface area contributed by atoms with Crippen LogP contribution in [-0.4, -0.2) is 33.3 Å². The second kappa shape index (κ2) is 5.96. The molecule has 6 heteroatoms. The van der Waals surface area contributed by atoms with Crippen molar-refractivity contribution in [1.82, 2.24) is 19.7 Å². The number of nitrogens with one attached hydrogen (secondary N) is 1. The summed E-state index contributed by atoms with van der Waals surface area (Å²) in [5.74, 6) is 2.21. The first-order valence-electron chi connectivity index (χ1n) is 7.57. The number of nitrogens with zero attached hydrogens (tertiary/aromatic N) is 3. The molecule has 2 unspecified atom stereocenters. The molecule has 2 aromatic rings. The van der Waals surface area contributed by atoms with Gasteiger partial charge in [-0.1, -0.05) is 19.1 Å². The van der Waals surface area contributed by atoms with Gasteiger partial charge in [0.1, 0.15) is 11.6 Å². The number of ether oxygens (including phenoxy) is 1. The zero-order valence-electron chi connectivity index (χ0n) is 13.2. The number of benzene rings is 1. The molecule has 1 aliphatic rings. The Labute approximate surface area is 129 Å². The summed E-state index contributed by atoms with van der Waals surface area (Å²) in [6.07, 6.45) is 1.10. The first-order valence-corrected chi connectivity index (χ1v) is 7.57. The average molecular weight is 302 g/mol. The van der Waals surface area contributed by atoms with Crippen molar-refractivity contribution in [2.75, 3.05) is 13.7 Å². The van der Waals surface area contributed by atoms with Crippen molar-refractivity contribution in [3.05, 3.63) is 46.1 Å². The largest absolute Gasteiger partial charge is 0.497 e. The van der Waals surface area contributed by atoms with Crippen LogP contribution in [0, 0.1) is 5.92 Å². The minimum absolute atomic E-state index is 0.167. The van der Waals surface area contributed by atoms with Crippen molar-refractivity contribution >= 4 is 0 Å².